The van der Waals surface area contributed by atoms with Gasteiger partial charge in [0.1, 0.15) is 0 Å². The van der Waals surface area contributed by atoms with E-state index in [9.17, 15) is 0 Å². The topological polar surface area (TPSA) is 51.6 Å². The van der Waals surface area contributed by atoms with Gasteiger partial charge in [0.2, 0.25) is 0 Å². The second-order valence-electron chi connectivity index (χ2n) is 11.9. The fourth-order valence-corrected chi connectivity index (χ4v) is 6.50. The quantitative estimate of drug-likeness (QED) is 0.181. The van der Waals surface area contributed by atoms with Crippen molar-refractivity contribution in [3.8, 4) is 56.5 Å². The number of rotatable bonds is 5. The molecule has 0 saturated carbocycles. The number of fused-ring (bicyclic) bond motifs is 4. The molecule has 0 saturated heterocycles. The summed E-state index contributed by atoms with van der Waals surface area (Å²) in [5.41, 5.74) is 8.64. The first-order valence-corrected chi connectivity index (χ1v) is 16.1. The zero-order valence-corrected chi connectivity index (χ0v) is 26.0. The van der Waals surface area contributed by atoms with E-state index in [0.717, 1.165) is 72.0 Å². The minimum Gasteiger partial charge on any atom is -0.228 e. The fraction of sp³-hybridized carbons (Fsp3) is 0. The Labute approximate surface area is 278 Å². The third kappa shape index (κ3) is 4.97. The SMILES string of the molecule is c1ccc(-c2cc(-c3cccc4ccccc34)nc(-c3ccc4ccc5c(-c6ccccc6)nc(-c6ccccc6)nc5c4c3)n2)cc1. The number of nitrogens with zero attached hydrogens (tertiary/aromatic N) is 4. The third-order valence-electron chi connectivity index (χ3n) is 8.88. The lowest BCUT2D eigenvalue weighted by Gasteiger charge is -2.13. The normalized spacial score (nSPS) is 11.3. The van der Waals surface area contributed by atoms with E-state index in [4.69, 9.17) is 19.9 Å². The van der Waals surface area contributed by atoms with Gasteiger partial charge in [0.05, 0.1) is 22.6 Å². The molecule has 48 heavy (non-hydrogen) atoms. The number of aromatic nitrogens is 4. The number of benzene rings is 7. The molecular formula is C44H28N4. The first-order chi connectivity index (χ1) is 23.8. The molecule has 0 unspecified atom stereocenters. The van der Waals surface area contributed by atoms with Crippen LogP contribution < -0.4 is 0 Å². The van der Waals surface area contributed by atoms with Crippen LogP contribution in [0.25, 0.3) is 89.0 Å². The summed E-state index contributed by atoms with van der Waals surface area (Å²) < 4.78 is 0. The molecule has 0 aliphatic carbocycles. The van der Waals surface area contributed by atoms with Crippen molar-refractivity contribution in [1.82, 2.24) is 19.9 Å². The van der Waals surface area contributed by atoms with E-state index in [1.165, 1.54) is 5.39 Å². The van der Waals surface area contributed by atoms with E-state index in [-0.39, 0.29) is 0 Å². The van der Waals surface area contributed by atoms with Gasteiger partial charge in [-0.05, 0) is 34.4 Å². The maximum Gasteiger partial charge on any atom is 0.160 e. The second-order valence-corrected chi connectivity index (χ2v) is 11.9. The zero-order valence-electron chi connectivity index (χ0n) is 26.0. The zero-order chi connectivity index (χ0) is 31.9. The molecule has 0 spiro atoms. The summed E-state index contributed by atoms with van der Waals surface area (Å²) >= 11 is 0. The summed E-state index contributed by atoms with van der Waals surface area (Å²) in [6.07, 6.45) is 0. The van der Waals surface area contributed by atoms with Gasteiger partial charge in [0.25, 0.3) is 0 Å². The van der Waals surface area contributed by atoms with E-state index in [0.29, 0.717) is 11.6 Å². The Bertz CT molecular complexity index is 2590. The molecule has 4 nitrogen and oxygen atoms in total. The Morgan fingerprint density at radius 2 is 0.917 bits per heavy atom. The van der Waals surface area contributed by atoms with Crippen LogP contribution in [0.3, 0.4) is 0 Å². The molecule has 9 aromatic rings. The molecule has 7 aromatic carbocycles. The lowest BCUT2D eigenvalue weighted by molar-refractivity contribution is 1.19. The summed E-state index contributed by atoms with van der Waals surface area (Å²) in [6, 6.07) is 58.5. The minimum absolute atomic E-state index is 0.666. The summed E-state index contributed by atoms with van der Waals surface area (Å²) in [5.74, 6) is 1.36. The van der Waals surface area contributed by atoms with Crippen molar-refractivity contribution in [3.05, 3.63) is 170 Å². The Hall–Kier alpha value is -6.52. The number of hydrogen-bond acceptors (Lipinski definition) is 4. The van der Waals surface area contributed by atoms with E-state index in [1.807, 2.05) is 42.5 Å². The van der Waals surface area contributed by atoms with Gasteiger partial charge in [0, 0.05) is 38.6 Å². The van der Waals surface area contributed by atoms with Crippen molar-refractivity contribution in [1.29, 1.82) is 0 Å². The maximum absolute atomic E-state index is 5.22. The van der Waals surface area contributed by atoms with Gasteiger partial charge in [-0.2, -0.15) is 0 Å². The highest BCUT2D eigenvalue weighted by molar-refractivity contribution is 6.10. The van der Waals surface area contributed by atoms with Crippen LogP contribution in [0.15, 0.2) is 170 Å². The first-order valence-electron chi connectivity index (χ1n) is 16.1. The van der Waals surface area contributed by atoms with Crippen LogP contribution in [-0.2, 0) is 0 Å². The van der Waals surface area contributed by atoms with Crippen LogP contribution in [0.4, 0.5) is 0 Å². The lowest BCUT2D eigenvalue weighted by Crippen LogP contribution is -1.98. The second kappa shape index (κ2) is 11.7. The largest absolute Gasteiger partial charge is 0.228 e. The predicted octanol–water partition coefficient (Wildman–Crippen LogP) is 11.1. The van der Waals surface area contributed by atoms with Crippen molar-refractivity contribution in [2.75, 3.05) is 0 Å². The molecule has 0 atom stereocenters. The van der Waals surface area contributed by atoms with Gasteiger partial charge in [0.15, 0.2) is 11.6 Å². The van der Waals surface area contributed by atoms with E-state index < -0.39 is 0 Å². The van der Waals surface area contributed by atoms with Gasteiger partial charge in [-0.15, -0.1) is 0 Å². The average molecular weight is 613 g/mol. The Balaban J connectivity index is 1.30. The van der Waals surface area contributed by atoms with Crippen LogP contribution in [0.2, 0.25) is 0 Å². The molecule has 0 aliphatic heterocycles. The molecule has 0 bridgehead atoms. The molecule has 0 amide bonds. The van der Waals surface area contributed by atoms with Gasteiger partial charge < -0.3 is 0 Å². The molecule has 2 aromatic heterocycles. The Morgan fingerprint density at radius 1 is 0.312 bits per heavy atom. The molecule has 0 N–H and O–H groups in total. The molecule has 224 valence electrons. The fourth-order valence-electron chi connectivity index (χ4n) is 6.50. The smallest absolute Gasteiger partial charge is 0.160 e. The van der Waals surface area contributed by atoms with Gasteiger partial charge >= 0.3 is 0 Å². The van der Waals surface area contributed by atoms with Crippen LogP contribution in [-0.4, -0.2) is 19.9 Å². The summed E-state index contributed by atoms with van der Waals surface area (Å²) in [5, 5.41) is 5.46. The van der Waals surface area contributed by atoms with Crippen molar-refractivity contribution in [3.63, 3.8) is 0 Å². The van der Waals surface area contributed by atoms with E-state index >= 15 is 0 Å². The summed E-state index contributed by atoms with van der Waals surface area (Å²) in [6.45, 7) is 0. The molecule has 4 heteroatoms. The lowest BCUT2D eigenvalue weighted by atomic mass is 9.98. The minimum atomic E-state index is 0.666. The van der Waals surface area contributed by atoms with Gasteiger partial charge in [-0.1, -0.05) is 152 Å². The van der Waals surface area contributed by atoms with Crippen LogP contribution in [0.1, 0.15) is 0 Å². The Kier molecular flexibility index (Phi) is 6.76. The van der Waals surface area contributed by atoms with E-state index in [2.05, 4.69) is 127 Å². The highest BCUT2D eigenvalue weighted by Gasteiger charge is 2.17. The monoisotopic (exact) mass is 612 g/mol. The third-order valence-corrected chi connectivity index (χ3v) is 8.88. The standard InChI is InChI=1S/C44H28N4/c1-4-14-31(15-5-1)39-28-40(36-22-12-20-29-13-10-11-21-35(29)36)46-44(45-39)34-24-23-30-25-26-37-41(32-16-6-2-7-17-32)47-43(33-18-8-3-9-19-33)48-42(37)38(30)27-34/h1-28H. The predicted molar refractivity (Wildman–Crippen MR) is 197 cm³/mol. The van der Waals surface area contributed by atoms with Gasteiger partial charge in [-0.3, -0.25) is 0 Å². The van der Waals surface area contributed by atoms with Gasteiger partial charge in [-0.25, -0.2) is 19.9 Å². The van der Waals surface area contributed by atoms with Crippen molar-refractivity contribution >= 4 is 32.4 Å². The summed E-state index contributed by atoms with van der Waals surface area (Å²) in [7, 11) is 0. The molecule has 2 heterocycles. The number of hydrogen-bond donors (Lipinski definition) is 0. The van der Waals surface area contributed by atoms with Crippen LogP contribution in [0.5, 0.6) is 0 Å². The highest BCUT2D eigenvalue weighted by Crippen LogP contribution is 2.36. The molecule has 0 aliphatic rings. The molecular weight excluding hydrogens is 585 g/mol. The van der Waals surface area contributed by atoms with E-state index in [1.54, 1.807) is 0 Å². The van der Waals surface area contributed by atoms with Crippen LogP contribution >= 0.6 is 0 Å². The first kappa shape index (κ1) is 27.8. The van der Waals surface area contributed by atoms with Crippen molar-refractivity contribution < 1.29 is 0 Å². The molecule has 0 radical (unpaired) electrons. The highest BCUT2D eigenvalue weighted by atomic mass is 14.9. The average Bonchev–Trinajstić information content (AvgIpc) is 3.17. The van der Waals surface area contributed by atoms with Crippen LogP contribution in [0, 0.1) is 0 Å². The Morgan fingerprint density at radius 3 is 1.71 bits per heavy atom. The van der Waals surface area contributed by atoms with Crippen molar-refractivity contribution in [2.24, 2.45) is 0 Å². The summed E-state index contributed by atoms with van der Waals surface area (Å²) in [4.78, 5) is 20.7. The van der Waals surface area contributed by atoms with Crippen molar-refractivity contribution in [2.45, 2.75) is 0 Å². The maximum atomic E-state index is 5.22. The molecule has 0 fully saturated rings. The molecule has 9 rings (SSSR count).